The third-order valence-corrected chi connectivity index (χ3v) is 6.87. The lowest BCUT2D eigenvalue weighted by Crippen LogP contribution is -2.32. The second-order valence-electron chi connectivity index (χ2n) is 8.33. The lowest BCUT2D eigenvalue weighted by Gasteiger charge is -2.16. The molecule has 1 N–H and O–H groups in total. The van der Waals surface area contributed by atoms with Crippen molar-refractivity contribution in [3.8, 4) is 0 Å². The van der Waals surface area contributed by atoms with Crippen LogP contribution in [0, 0.1) is 13.8 Å². The Bertz CT molecular complexity index is 1350. The molecule has 0 bridgehead atoms. The Morgan fingerprint density at radius 1 is 0.972 bits per heavy atom. The van der Waals surface area contributed by atoms with Crippen molar-refractivity contribution >= 4 is 52.5 Å². The highest BCUT2D eigenvalue weighted by atomic mass is 35.5. The van der Waals surface area contributed by atoms with Crippen molar-refractivity contribution in [3.05, 3.63) is 99.0 Å². The van der Waals surface area contributed by atoms with Gasteiger partial charge in [-0.15, -0.1) is 0 Å². The van der Waals surface area contributed by atoms with Crippen LogP contribution in [0.5, 0.6) is 0 Å². The summed E-state index contributed by atoms with van der Waals surface area (Å²) in [7, 11) is 0. The molecule has 0 atom stereocenters. The summed E-state index contributed by atoms with van der Waals surface area (Å²) in [6, 6.07) is 19.2. The number of hydrogen-bond donors (Lipinski definition) is 1. The van der Waals surface area contributed by atoms with Crippen LogP contribution in [-0.4, -0.2) is 24.4 Å². The van der Waals surface area contributed by atoms with E-state index in [-0.39, 0.29) is 10.6 Å². The van der Waals surface area contributed by atoms with Crippen molar-refractivity contribution < 1.29 is 19.1 Å². The Morgan fingerprint density at radius 2 is 1.67 bits per heavy atom. The van der Waals surface area contributed by atoms with E-state index in [9.17, 15) is 14.4 Å². The Labute approximate surface area is 219 Å². The number of nitrogens with zero attached hydrogens (tertiary/aromatic N) is 1. The minimum atomic E-state index is -0.473. The maximum atomic E-state index is 13.6. The van der Waals surface area contributed by atoms with Gasteiger partial charge in [-0.25, -0.2) is 9.69 Å². The molecule has 0 saturated heterocycles. The standard InChI is InChI=1S/C28H25ClN2O4S/c1-4-15-35-28(34)19-7-11-21(12-8-19)31-26(32)24(30-23-16-17(2)5-6-18(23)3)25(27(31)33)36-22-13-9-20(29)10-14-22/h5-14,16,30H,4,15H2,1-3H3. The van der Waals surface area contributed by atoms with Gasteiger partial charge in [0.2, 0.25) is 0 Å². The molecule has 0 unspecified atom stereocenters. The number of thioether (sulfide) groups is 1. The smallest absolute Gasteiger partial charge is 0.338 e. The summed E-state index contributed by atoms with van der Waals surface area (Å²) in [6.45, 7) is 6.14. The summed E-state index contributed by atoms with van der Waals surface area (Å²) >= 11 is 7.22. The molecule has 0 radical (unpaired) electrons. The zero-order valence-electron chi connectivity index (χ0n) is 20.1. The molecule has 0 saturated carbocycles. The summed E-state index contributed by atoms with van der Waals surface area (Å²) in [6.07, 6.45) is 0.719. The monoisotopic (exact) mass is 520 g/mol. The number of anilines is 2. The van der Waals surface area contributed by atoms with Crippen molar-refractivity contribution in [2.75, 3.05) is 16.8 Å². The van der Waals surface area contributed by atoms with Gasteiger partial charge >= 0.3 is 5.97 Å². The van der Waals surface area contributed by atoms with E-state index in [1.165, 1.54) is 11.8 Å². The number of benzene rings is 3. The molecular formula is C28H25ClN2O4S. The number of hydrogen-bond acceptors (Lipinski definition) is 6. The Morgan fingerprint density at radius 3 is 2.33 bits per heavy atom. The molecule has 1 heterocycles. The molecule has 0 aromatic heterocycles. The molecule has 6 nitrogen and oxygen atoms in total. The number of ether oxygens (including phenoxy) is 1. The van der Waals surface area contributed by atoms with Crippen molar-refractivity contribution in [1.29, 1.82) is 0 Å². The van der Waals surface area contributed by atoms with Gasteiger partial charge in [-0.1, -0.05) is 42.4 Å². The number of carbonyl (C=O) groups is 3. The van der Waals surface area contributed by atoms with E-state index in [1.54, 1.807) is 48.5 Å². The second kappa shape index (κ2) is 11.0. The van der Waals surface area contributed by atoms with Gasteiger partial charge in [0, 0.05) is 15.6 Å². The molecule has 184 valence electrons. The molecule has 1 aliphatic heterocycles. The molecule has 0 spiro atoms. The number of rotatable bonds is 8. The van der Waals surface area contributed by atoms with E-state index in [4.69, 9.17) is 16.3 Å². The van der Waals surface area contributed by atoms with Crippen LogP contribution in [0.1, 0.15) is 34.8 Å². The zero-order valence-corrected chi connectivity index (χ0v) is 21.7. The van der Waals surface area contributed by atoms with E-state index in [1.807, 2.05) is 39.0 Å². The summed E-state index contributed by atoms with van der Waals surface area (Å²) < 4.78 is 5.16. The van der Waals surface area contributed by atoms with E-state index < -0.39 is 17.8 Å². The average Bonchev–Trinajstić information content (AvgIpc) is 3.10. The number of aryl methyl sites for hydroxylation is 2. The number of imide groups is 1. The molecule has 4 rings (SSSR count). The lowest BCUT2D eigenvalue weighted by molar-refractivity contribution is -0.120. The first kappa shape index (κ1) is 25.5. The maximum Gasteiger partial charge on any atom is 0.338 e. The Balaban J connectivity index is 1.68. The van der Waals surface area contributed by atoms with Crippen LogP contribution in [0.2, 0.25) is 5.02 Å². The second-order valence-corrected chi connectivity index (χ2v) is 9.85. The fourth-order valence-electron chi connectivity index (χ4n) is 3.60. The fraction of sp³-hybridized carbons (Fsp3) is 0.179. The Hall–Kier alpha value is -3.55. The number of nitrogens with one attached hydrogen (secondary N) is 1. The third kappa shape index (κ3) is 5.48. The fourth-order valence-corrected chi connectivity index (χ4v) is 4.65. The summed E-state index contributed by atoms with van der Waals surface area (Å²) in [5.41, 5.74) is 3.62. The minimum absolute atomic E-state index is 0.195. The molecule has 3 aromatic rings. The van der Waals surface area contributed by atoms with Crippen LogP contribution in [0.3, 0.4) is 0 Å². The van der Waals surface area contributed by atoms with Gasteiger partial charge < -0.3 is 10.1 Å². The highest BCUT2D eigenvalue weighted by Crippen LogP contribution is 2.38. The highest BCUT2D eigenvalue weighted by Gasteiger charge is 2.40. The SMILES string of the molecule is CCCOC(=O)c1ccc(N2C(=O)C(Nc3cc(C)ccc3C)=C(Sc3ccc(Cl)cc3)C2=O)cc1. The summed E-state index contributed by atoms with van der Waals surface area (Å²) in [4.78, 5) is 41.5. The van der Waals surface area contributed by atoms with Gasteiger partial charge in [-0.2, -0.15) is 0 Å². The van der Waals surface area contributed by atoms with Gasteiger partial charge in [-0.05, 0) is 86.0 Å². The van der Waals surface area contributed by atoms with Crippen LogP contribution in [0.25, 0.3) is 0 Å². The summed E-state index contributed by atoms with van der Waals surface area (Å²) in [5, 5.41) is 3.79. The molecule has 0 aliphatic carbocycles. The van der Waals surface area contributed by atoms with Gasteiger partial charge in [0.25, 0.3) is 11.8 Å². The minimum Gasteiger partial charge on any atom is -0.462 e. The number of esters is 1. The van der Waals surface area contributed by atoms with Gasteiger partial charge in [0.15, 0.2) is 0 Å². The first-order valence-corrected chi connectivity index (χ1v) is 12.7. The van der Waals surface area contributed by atoms with Gasteiger partial charge in [-0.3, -0.25) is 9.59 Å². The van der Waals surface area contributed by atoms with Crippen LogP contribution >= 0.6 is 23.4 Å². The maximum absolute atomic E-state index is 13.6. The van der Waals surface area contributed by atoms with Crippen LogP contribution in [0.4, 0.5) is 11.4 Å². The van der Waals surface area contributed by atoms with E-state index >= 15 is 0 Å². The molecule has 36 heavy (non-hydrogen) atoms. The summed E-state index contributed by atoms with van der Waals surface area (Å²) in [5.74, 6) is -1.37. The van der Waals surface area contributed by atoms with Crippen molar-refractivity contribution in [2.45, 2.75) is 32.1 Å². The lowest BCUT2D eigenvalue weighted by atomic mass is 10.1. The molecule has 2 amide bonds. The normalized spacial score (nSPS) is 13.4. The number of carbonyl (C=O) groups excluding carboxylic acids is 3. The quantitative estimate of drug-likeness (QED) is 0.269. The predicted molar refractivity (Wildman–Crippen MR) is 143 cm³/mol. The predicted octanol–water partition coefficient (Wildman–Crippen LogP) is 6.51. The van der Waals surface area contributed by atoms with E-state index in [2.05, 4.69) is 5.32 Å². The largest absolute Gasteiger partial charge is 0.462 e. The van der Waals surface area contributed by atoms with Crippen molar-refractivity contribution in [2.24, 2.45) is 0 Å². The van der Waals surface area contributed by atoms with Crippen LogP contribution < -0.4 is 10.2 Å². The first-order valence-electron chi connectivity index (χ1n) is 11.5. The topological polar surface area (TPSA) is 75.7 Å². The van der Waals surface area contributed by atoms with Crippen molar-refractivity contribution in [3.63, 3.8) is 0 Å². The number of halogens is 1. The van der Waals surface area contributed by atoms with Gasteiger partial charge in [0.05, 0.1) is 17.9 Å². The molecule has 0 fully saturated rings. The first-order chi connectivity index (χ1) is 17.3. The molecule has 8 heteroatoms. The third-order valence-electron chi connectivity index (χ3n) is 5.53. The average molecular weight is 521 g/mol. The molecule has 3 aromatic carbocycles. The highest BCUT2D eigenvalue weighted by molar-refractivity contribution is 8.04. The number of amides is 2. The van der Waals surface area contributed by atoms with Crippen LogP contribution in [0.15, 0.2) is 82.2 Å². The van der Waals surface area contributed by atoms with Crippen LogP contribution in [-0.2, 0) is 14.3 Å². The molecular weight excluding hydrogens is 496 g/mol. The van der Waals surface area contributed by atoms with E-state index in [0.29, 0.717) is 22.9 Å². The Kier molecular flexibility index (Phi) is 7.82. The van der Waals surface area contributed by atoms with Gasteiger partial charge in [0.1, 0.15) is 10.6 Å². The molecule has 1 aliphatic rings. The van der Waals surface area contributed by atoms with E-state index in [0.717, 1.165) is 33.0 Å². The van der Waals surface area contributed by atoms with Crippen molar-refractivity contribution in [1.82, 2.24) is 0 Å². The zero-order chi connectivity index (χ0) is 25.8.